The fourth-order valence-electron chi connectivity index (χ4n) is 2.84. The van der Waals surface area contributed by atoms with E-state index in [1.807, 2.05) is 30.3 Å². The minimum absolute atomic E-state index is 0.0788. The Morgan fingerprint density at radius 2 is 1.95 bits per heavy atom. The van der Waals surface area contributed by atoms with Crippen molar-refractivity contribution in [1.29, 1.82) is 0 Å². The van der Waals surface area contributed by atoms with Gasteiger partial charge in [0, 0.05) is 14.0 Å². The molecule has 116 valence electrons. The first kappa shape index (κ1) is 15.9. The average molecular weight is 292 g/mol. The third kappa shape index (κ3) is 4.03. The van der Waals surface area contributed by atoms with Gasteiger partial charge in [0.25, 0.3) is 0 Å². The summed E-state index contributed by atoms with van der Waals surface area (Å²) >= 11 is 0. The van der Waals surface area contributed by atoms with Crippen molar-refractivity contribution in [2.45, 2.75) is 31.9 Å². The molecule has 0 bridgehead atoms. The number of amides is 1. The molecule has 1 aliphatic heterocycles. The first-order chi connectivity index (χ1) is 10.2. The van der Waals surface area contributed by atoms with Gasteiger partial charge < -0.3 is 10.1 Å². The predicted octanol–water partition coefficient (Wildman–Crippen LogP) is 1.74. The van der Waals surface area contributed by atoms with E-state index in [2.05, 4.69) is 5.32 Å². The maximum absolute atomic E-state index is 12.1. The van der Waals surface area contributed by atoms with Crippen molar-refractivity contribution in [1.82, 2.24) is 10.4 Å². The van der Waals surface area contributed by atoms with Gasteiger partial charge in [0.2, 0.25) is 5.91 Å². The molecule has 1 aromatic rings. The molecule has 2 rings (SSSR count). The maximum atomic E-state index is 12.1. The number of methoxy groups -OCH3 is 1. The van der Waals surface area contributed by atoms with Crippen molar-refractivity contribution in [3.05, 3.63) is 35.9 Å². The molecular formula is C16H24N2O3. The summed E-state index contributed by atoms with van der Waals surface area (Å²) in [5.41, 5.74) is 0.672. The van der Waals surface area contributed by atoms with E-state index in [4.69, 9.17) is 9.57 Å². The van der Waals surface area contributed by atoms with Crippen molar-refractivity contribution in [2.75, 3.05) is 26.8 Å². The summed E-state index contributed by atoms with van der Waals surface area (Å²) in [5.74, 6) is -0.0788. The summed E-state index contributed by atoms with van der Waals surface area (Å²) in [6, 6.07) is 9.87. The van der Waals surface area contributed by atoms with Gasteiger partial charge in [-0.05, 0) is 31.5 Å². The van der Waals surface area contributed by atoms with Crippen LogP contribution in [0.1, 0.15) is 25.3 Å². The molecule has 0 radical (unpaired) electrons. The lowest BCUT2D eigenvalue weighted by molar-refractivity contribution is -0.239. The number of benzene rings is 1. The van der Waals surface area contributed by atoms with Gasteiger partial charge in [-0.1, -0.05) is 30.3 Å². The Bertz CT molecular complexity index is 439. The second kappa shape index (κ2) is 7.54. The fraction of sp³-hybridized carbons (Fsp3) is 0.562. The monoisotopic (exact) mass is 292 g/mol. The maximum Gasteiger partial charge on any atom is 0.243 e. The van der Waals surface area contributed by atoms with E-state index in [1.165, 1.54) is 5.06 Å². The van der Waals surface area contributed by atoms with Gasteiger partial charge in [0.15, 0.2) is 0 Å². The Morgan fingerprint density at radius 1 is 1.29 bits per heavy atom. The number of piperidine rings is 1. The molecule has 1 saturated heterocycles. The van der Waals surface area contributed by atoms with Crippen LogP contribution in [0, 0.1) is 0 Å². The Balaban J connectivity index is 2.10. The Labute approximate surface area is 126 Å². The van der Waals surface area contributed by atoms with E-state index >= 15 is 0 Å². The van der Waals surface area contributed by atoms with Gasteiger partial charge in [0.05, 0.1) is 12.1 Å². The molecule has 0 saturated carbocycles. The summed E-state index contributed by atoms with van der Waals surface area (Å²) < 4.78 is 5.37. The molecule has 0 spiro atoms. The van der Waals surface area contributed by atoms with Crippen LogP contribution in [0.25, 0.3) is 0 Å². The third-order valence-electron chi connectivity index (χ3n) is 3.87. The molecule has 5 heteroatoms. The number of hydroxylamine groups is 2. The highest BCUT2D eigenvalue weighted by Gasteiger charge is 2.41. The summed E-state index contributed by atoms with van der Waals surface area (Å²) in [4.78, 5) is 17.9. The summed E-state index contributed by atoms with van der Waals surface area (Å²) in [5, 5.41) is 4.85. The van der Waals surface area contributed by atoms with E-state index in [9.17, 15) is 4.79 Å². The summed E-state index contributed by atoms with van der Waals surface area (Å²) in [7, 11) is 1.67. The lowest BCUT2D eigenvalue weighted by atomic mass is 9.88. The minimum Gasteiger partial charge on any atom is -0.382 e. The molecule has 5 nitrogen and oxygen atoms in total. The average Bonchev–Trinajstić information content (AvgIpc) is 2.49. The Hall–Kier alpha value is -1.43. The van der Waals surface area contributed by atoms with Gasteiger partial charge in [-0.25, -0.2) is 5.06 Å². The van der Waals surface area contributed by atoms with Crippen LogP contribution < -0.4 is 5.32 Å². The zero-order valence-corrected chi connectivity index (χ0v) is 12.8. The lowest BCUT2D eigenvalue weighted by Crippen LogP contribution is -2.58. The molecule has 1 aromatic carbocycles. The van der Waals surface area contributed by atoms with Crippen molar-refractivity contribution < 1.29 is 14.4 Å². The molecule has 0 aromatic heterocycles. The molecular weight excluding hydrogens is 268 g/mol. The molecule has 1 N–H and O–H groups in total. The largest absolute Gasteiger partial charge is 0.382 e. The van der Waals surface area contributed by atoms with Crippen molar-refractivity contribution in [3.8, 4) is 0 Å². The van der Waals surface area contributed by atoms with Gasteiger partial charge >= 0.3 is 0 Å². The van der Waals surface area contributed by atoms with Gasteiger partial charge in [0.1, 0.15) is 6.61 Å². The molecule has 0 atom stereocenters. The topological polar surface area (TPSA) is 50.8 Å². The highest BCUT2D eigenvalue weighted by Crippen LogP contribution is 2.28. The highest BCUT2D eigenvalue weighted by atomic mass is 16.7. The van der Waals surface area contributed by atoms with Gasteiger partial charge in [-0.15, -0.1) is 0 Å². The van der Waals surface area contributed by atoms with Crippen LogP contribution >= 0.6 is 0 Å². The zero-order valence-electron chi connectivity index (χ0n) is 12.8. The number of rotatable bonds is 6. The smallest absolute Gasteiger partial charge is 0.243 e. The summed E-state index contributed by atoms with van der Waals surface area (Å²) in [6.45, 7) is 4.15. The Morgan fingerprint density at radius 3 is 2.52 bits per heavy atom. The van der Waals surface area contributed by atoms with Crippen LogP contribution in [0.5, 0.6) is 0 Å². The number of hydrogen-bond donors (Lipinski definition) is 1. The quantitative estimate of drug-likeness (QED) is 0.811. The fourth-order valence-corrected chi connectivity index (χ4v) is 2.84. The van der Waals surface area contributed by atoms with E-state index < -0.39 is 0 Å². The van der Waals surface area contributed by atoms with Crippen molar-refractivity contribution in [2.24, 2.45) is 0 Å². The summed E-state index contributed by atoms with van der Waals surface area (Å²) in [6.07, 6.45) is 1.66. The molecule has 0 aliphatic carbocycles. The zero-order chi connectivity index (χ0) is 15.1. The number of nitrogens with one attached hydrogen (secondary N) is 1. The van der Waals surface area contributed by atoms with Gasteiger partial charge in [-0.2, -0.15) is 0 Å². The number of nitrogens with zero attached hydrogens (tertiary/aromatic N) is 1. The number of ether oxygens (including phenoxy) is 1. The molecule has 1 aliphatic rings. The minimum atomic E-state index is -0.374. The lowest BCUT2D eigenvalue weighted by Gasteiger charge is -2.44. The van der Waals surface area contributed by atoms with E-state index in [-0.39, 0.29) is 11.4 Å². The highest BCUT2D eigenvalue weighted by molar-refractivity contribution is 5.73. The second-order valence-electron chi connectivity index (χ2n) is 5.48. The van der Waals surface area contributed by atoms with Crippen LogP contribution in [0.15, 0.2) is 30.3 Å². The van der Waals surface area contributed by atoms with Crippen LogP contribution in [-0.2, 0) is 21.0 Å². The predicted molar refractivity (Wildman–Crippen MR) is 80.5 cm³/mol. The molecule has 21 heavy (non-hydrogen) atoms. The van der Waals surface area contributed by atoms with Crippen molar-refractivity contribution >= 4 is 5.91 Å². The van der Waals surface area contributed by atoms with Gasteiger partial charge in [-0.3, -0.25) is 9.63 Å². The Kier molecular flexibility index (Phi) is 5.73. The molecule has 1 amide bonds. The molecule has 1 heterocycles. The van der Waals surface area contributed by atoms with Crippen LogP contribution in [-0.4, -0.2) is 43.3 Å². The van der Waals surface area contributed by atoms with E-state index in [0.29, 0.717) is 13.2 Å². The third-order valence-corrected chi connectivity index (χ3v) is 3.87. The van der Waals surface area contributed by atoms with Crippen LogP contribution in [0.3, 0.4) is 0 Å². The van der Waals surface area contributed by atoms with E-state index in [1.54, 1.807) is 14.0 Å². The number of carbonyl (C=O) groups is 1. The number of carbonyl (C=O) groups excluding carboxylic acids is 1. The second-order valence-corrected chi connectivity index (χ2v) is 5.48. The van der Waals surface area contributed by atoms with Crippen molar-refractivity contribution in [3.63, 3.8) is 0 Å². The number of hydrogen-bond acceptors (Lipinski definition) is 4. The first-order valence-corrected chi connectivity index (χ1v) is 7.35. The molecule has 0 unspecified atom stereocenters. The first-order valence-electron chi connectivity index (χ1n) is 7.35. The van der Waals surface area contributed by atoms with Crippen LogP contribution in [0.2, 0.25) is 0 Å². The van der Waals surface area contributed by atoms with Crippen LogP contribution in [0.4, 0.5) is 0 Å². The normalized spacial score (nSPS) is 17.4. The molecule has 1 fully saturated rings. The van der Waals surface area contributed by atoms with E-state index in [0.717, 1.165) is 31.5 Å². The SMILES string of the molecule is COCC1(N(OCc2ccccc2)C(C)=O)CCNCC1. The standard InChI is InChI=1S/C16H24N2O3/c1-14(19)18(21-12-15-6-4-3-5-7-15)16(13-20-2)8-10-17-11-9-16/h3-7,17H,8-13H2,1-2H3.